The average molecular weight is 518 g/mol. The number of rotatable bonds is 7. The highest BCUT2D eigenvalue weighted by atomic mass is 79.9. The number of benzene rings is 2. The molecule has 0 radical (unpaired) electrons. The van der Waals surface area contributed by atoms with Crippen LogP contribution >= 0.6 is 39.3 Å². The lowest BCUT2D eigenvalue weighted by Crippen LogP contribution is -2.15. The number of aromatic nitrogens is 3. The van der Waals surface area contributed by atoms with Gasteiger partial charge in [0.2, 0.25) is 5.91 Å². The van der Waals surface area contributed by atoms with Crippen molar-refractivity contribution in [2.45, 2.75) is 18.6 Å². The van der Waals surface area contributed by atoms with Crippen molar-refractivity contribution in [2.75, 3.05) is 11.1 Å². The first-order chi connectivity index (χ1) is 15.0. The van der Waals surface area contributed by atoms with Crippen molar-refractivity contribution < 1.29 is 9.21 Å². The second-order valence-electron chi connectivity index (χ2n) is 6.80. The molecule has 0 aliphatic heterocycles. The summed E-state index contributed by atoms with van der Waals surface area (Å²) in [4.78, 5) is 12.5. The lowest BCUT2D eigenvalue weighted by atomic mass is 10.2. The Bertz CT molecular complexity index is 1190. The van der Waals surface area contributed by atoms with Crippen molar-refractivity contribution in [3.05, 3.63) is 81.7 Å². The van der Waals surface area contributed by atoms with Gasteiger partial charge in [-0.3, -0.25) is 9.36 Å². The molecule has 1 amide bonds. The number of halogens is 2. The molecule has 0 spiro atoms. The molecule has 2 aromatic heterocycles. The number of anilines is 1. The molecular formula is C22H18BrClN4O2S. The van der Waals surface area contributed by atoms with Crippen molar-refractivity contribution in [3.63, 3.8) is 0 Å². The van der Waals surface area contributed by atoms with Gasteiger partial charge in [-0.2, -0.15) is 0 Å². The fourth-order valence-electron chi connectivity index (χ4n) is 2.95. The zero-order valence-electron chi connectivity index (χ0n) is 16.5. The van der Waals surface area contributed by atoms with Gasteiger partial charge in [0.25, 0.3) is 0 Å². The number of furan rings is 1. The van der Waals surface area contributed by atoms with Gasteiger partial charge in [-0.1, -0.05) is 29.4 Å². The zero-order valence-corrected chi connectivity index (χ0v) is 19.7. The normalized spacial score (nSPS) is 10.9. The van der Waals surface area contributed by atoms with E-state index in [9.17, 15) is 4.79 Å². The summed E-state index contributed by atoms with van der Waals surface area (Å²) >= 11 is 10.8. The molecule has 0 bridgehead atoms. The standard InChI is InChI=1S/C22H18BrClN4O2S/c1-14-4-9-19(18(23)11-14)25-20(29)13-31-22-27-26-21(15-5-7-16(24)8-6-15)28(22)12-17-3-2-10-30-17/h2-11H,12-13H2,1H3,(H,25,29). The molecule has 1 N–H and O–H groups in total. The highest BCUT2D eigenvalue weighted by Crippen LogP contribution is 2.27. The summed E-state index contributed by atoms with van der Waals surface area (Å²) in [5.41, 5.74) is 2.72. The zero-order chi connectivity index (χ0) is 21.8. The number of carbonyl (C=O) groups is 1. The van der Waals surface area contributed by atoms with Crippen LogP contribution in [0, 0.1) is 6.92 Å². The van der Waals surface area contributed by atoms with Crippen LogP contribution in [0.3, 0.4) is 0 Å². The van der Waals surface area contributed by atoms with Crippen LogP contribution in [-0.2, 0) is 11.3 Å². The van der Waals surface area contributed by atoms with Crippen molar-refractivity contribution in [1.82, 2.24) is 14.8 Å². The quantitative estimate of drug-likeness (QED) is 0.303. The summed E-state index contributed by atoms with van der Waals surface area (Å²) in [6.07, 6.45) is 1.63. The number of aryl methyl sites for hydroxylation is 1. The fourth-order valence-corrected chi connectivity index (χ4v) is 4.40. The number of nitrogens with one attached hydrogen (secondary N) is 1. The van der Waals surface area contributed by atoms with Crippen LogP contribution in [-0.4, -0.2) is 26.4 Å². The molecule has 0 unspecified atom stereocenters. The predicted octanol–water partition coefficient (Wildman–Crippen LogP) is 6.04. The maximum absolute atomic E-state index is 12.5. The Labute approximate surface area is 197 Å². The van der Waals surface area contributed by atoms with E-state index in [1.807, 2.05) is 66.1 Å². The van der Waals surface area contributed by atoms with Crippen LogP contribution in [0.5, 0.6) is 0 Å². The lowest BCUT2D eigenvalue weighted by molar-refractivity contribution is -0.113. The van der Waals surface area contributed by atoms with Gasteiger partial charge in [-0.05, 0) is 76.9 Å². The van der Waals surface area contributed by atoms with Gasteiger partial charge in [0.1, 0.15) is 5.76 Å². The highest BCUT2D eigenvalue weighted by Gasteiger charge is 2.17. The van der Waals surface area contributed by atoms with E-state index >= 15 is 0 Å². The molecule has 9 heteroatoms. The number of carbonyl (C=O) groups excluding carboxylic acids is 1. The van der Waals surface area contributed by atoms with Gasteiger partial charge >= 0.3 is 0 Å². The van der Waals surface area contributed by atoms with Crippen molar-refractivity contribution in [1.29, 1.82) is 0 Å². The Kier molecular flexibility index (Phi) is 6.80. The molecule has 0 saturated carbocycles. The number of hydrogen-bond donors (Lipinski definition) is 1. The van der Waals surface area contributed by atoms with Crippen LogP contribution in [0.1, 0.15) is 11.3 Å². The summed E-state index contributed by atoms with van der Waals surface area (Å²) in [6, 6.07) is 16.9. The summed E-state index contributed by atoms with van der Waals surface area (Å²) < 4.78 is 8.28. The second kappa shape index (κ2) is 9.72. The monoisotopic (exact) mass is 516 g/mol. The maximum Gasteiger partial charge on any atom is 0.234 e. The van der Waals surface area contributed by atoms with Crippen LogP contribution in [0.2, 0.25) is 5.02 Å². The van der Waals surface area contributed by atoms with Gasteiger partial charge < -0.3 is 9.73 Å². The first-order valence-corrected chi connectivity index (χ1v) is 11.6. The molecule has 4 aromatic rings. The van der Waals surface area contributed by atoms with Gasteiger partial charge in [-0.25, -0.2) is 0 Å². The summed E-state index contributed by atoms with van der Waals surface area (Å²) in [5, 5.41) is 12.9. The molecule has 158 valence electrons. The lowest BCUT2D eigenvalue weighted by Gasteiger charge is -2.10. The van der Waals surface area contributed by atoms with E-state index in [4.69, 9.17) is 16.0 Å². The first-order valence-electron chi connectivity index (χ1n) is 9.40. The molecule has 31 heavy (non-hydrogen) atoms. The Balaban J connectivity index is 1.53. The Morgan fingerprint density at radius 2 is 2.00 bits per heavy atom. The van der Waals surface area contributed by atoms with Crippen LogP contribution < -0.4 is 5.32 Å². The van der Waals surface area contributed by atoms with Crippen molar-refractivity contribution >= 4 is 50.9 Å². The van der Waals surface area contributed by atoms with Crippen molar-refractivity contribution in [3.8, 4) is 11.4 Å². The van der Waals surface area contributed by atoms with E-state index in [2.05, 4.69) is 31.4 Å². The van der Waals surface area contributed by atoms with Crippen LogP contribution in [0.25, 0.3) is 11.4 Å². The average Bonchev–Trinajstić information content (AvgIpc) is 3.40. The second-order valence-corrected chi connectivity index (χ2v) is 9.03. The van der Waals surface area contributed by atoms with E-state index in [1.54, 1.807) is 6.26 Å². The molecule has 0 saturated heterocycles. The number of thioether (sulfide) groups is 1. The first kappa shape index (κ1) is 21.7. The smallest absolute Gasteiger partial charge is 0.234 e. The molecule has 2 aromatic carbocycles. The topological polar surface area (TPSA) is 73.0 Å². The summed E-state index contributed by atoms with van der Waals surface area (Å²) in [6.45, 7) is 2.45. The SMILES string of the molecule is Cc1ccc(NC(=O)CSc2nnc(-c3ccc(Cl)cc3)n2Cc2ccco2)c(Br)c1. The Morgan fingerprint density at radius 1 is 1.19 bits per heavy atom. The Hall–Kier alpha value is -2.55. The fraction of sp³-hybridized carbons (Fsp3) is 0.136. The molecule has 2 heterocycles. The minimum atomic E-state index is -0.129. The number of nitrogens with zero attached hydrogens (tertiary/aromatic N) is 3. The van der Waals surface area contributed by atoms with Crippen LogP contribution in [0.4, 0.5) is 5.69 Å². The van der Waals surface area contributed by atoms with E-state index in [1.165, 1.54) is 11.8 Å². The largest absolute Gasteiger partial charge is 0.467 e. The van der Waals surface area contributed by atoms with Gasteiger partial charge in [0.15, 0.2) is 11.0 Å². The van der Waals surface area contributed by atoms with Gasteiger partial charge in [0.05, 0.1) is 24.2 Å². The molecule has 0 aliphatic rings. The van der Waals surface area contributed by atoms with E-state index in [0.717, 1.165) is 27.0 Å². The van der Waals surface area contributed by atoms with Gasteiger partial charge in [0, 0.05) is 15.1 Å². The third-order valence-corrected chi connectivity index (χ3v) is 6.32. The number of amides is 1. The third-order valence-electron chi connectivity index (χ3n) is 4.44. The van der Waals surface area contributed by atoms with Crippen LogP contribution in [0.15, 0.2) is 74.9 Å². The van der Waals surface area contributed by atoms with E-state index in [0.29, 0.717) is 22.5 Å². The Morgan fingerprint density at radius 3 is 2.71 bits per heavy atom. The molecule has 4 rings (SSSR count). The third kappa shape index (κ3) is 5.39. The summed E-state index contributed by atoms with van der Waals surface area (Å²) in [5.74, 6) is 1.51. The molecular weight excluding hydrogens is 500 g/mol. The predicted molar refractivity (Wildman–Crippen MR) is 127 cm³/mol. The molecule has 0 atom stereocenters. The molecule has 0 fully saturated rings. The highest BCUT2D eigenvalue weighted by molar-refractivity contribution is 9.10. The number of hydrogen-bond acceptors (Lipinski definition) is 5. The minimum Gasteiger partial charge on any atom is -0.467 e. The molecule has 0 aliphatic carbocycles. The van der Waals surface area contributed by atoms with E-state index < -0.39 is 0 Å². The van der Waals surface area contributed by atoms with Crippen molar-refractivity contribution in [2.24, 2.45) is 0 Å². The maximum atomic E-state index is 12.5. The molecule has 6 nitrogen and oxygen atoms in total. The summed E-state index contributed by atoms with van der Waals surface area (Å²) in [7, 11) is 0. The van der Waals surface area contributed by atoms with Gasteiger partial charge in [-0.15, -0.1) is 10.2 Å². The minimum absolute atomic E-state index is 0.129. The van der Waals surface area contributed by atoms with E-state index in [-0.39, 0.29) is 11.7 Å².